The largest absolute Gasteiger partial charge is 0.493 e. The van der Waals surface area contributed by atoms with Crippen molar-refractivity contribution in [2.45, 2.75) is 6.54 Å². The van der Waals surface area contributed by atoms with Gasteiger partial charge >= 0.3 is 11.9 Å². The number of fused-ring (bicyclic) bond motifs is 2. The van der Waals surface area contributed by atoms with Crippen molar-refractivity contribution in [3.05, 3.63) is 41.1 Å². The second-order valence-electron chi connectivity index (χ2n) is 6.29. The zero-order chi connectivity index (χ0) is 20.2. The van der Waals surface area contributed by atoms with Crippen LogP contribution < -0.4 is 14.2 Å². The Bertz CT molecular complexity index is 1160. The molecule has 2 aromatic carbocycles. The molecule has 8 nitrogen and oxygen atoms in total. The van der Waals surface area contributed by atoms with Crippen LogP contribution in [0.15, 0.2) is 24.3 Å². The van der Waals surface area contributed by atoms with E-state index in [1.165, 1.54) is 25.9 Å². The Morgan fingerprint density at radius 2 is 1.68 bits per heavy atom. The van der Waals surface area contributed by atoms with Crippen LogP contribution in [0.2, 0.25) is 0 Å². The van der Waals surface area contributed by atoms with E-state index >= 15 is 0 Å². The number of hydrogen-bond donors (Lipinski definition) is 2. The maximum Gasteiger partial charge on any atom is 0.353 e. The lowest BCUT2D eigenvalue weighted by molar-refractivity contribution is 0.0645. The van der Waals surface area contributed by atoms with Crippen LogP contribution in [0.3, 0.4) is 0 Å². The lowest BCUT2D eigenvalue weighted by atomic mass is 9.93. The molecule has 1 aliphatic rings. The summed E-state index contributed by atoms with van der Waals surface area (Å²) in [7, 11) is 4.49. The summed E-state index contributed by atoms with van der Waals surface area (Å²) in [6, 6.07) is 6.94. The summed E-state index contributed by atoms with van der Waals surface area (Å²) in [5, 5.41) is 19.8. The van der Waals surface area contributed by atoms with Crippen LogP contribution in [-0.4, -0.2) is 48.0 Å². The maximum atomic E-state index is 11.9. The number of benzene rings is 2. The summed E-state index contributed by atoms with van der Waals surface area (Å²) in [4.78, 5) is 23.8. The number of rotatable bonds is 5. The number of carboxylic acid groups (broad SMARTS) is 2. The molecule has 28 heavy (non-hydrogen) atoms. The van der Waals surface area contributed by atoms with Crippen molar-refractivity contribution in [2.24, 2.45) is 0 Å². The number of hydrogen-bond acceptors (Lipinski definition) is 5. The molecular formula is C20H17NO7. The van der Waals surface area contributed by atoms with Crippen molar-refractivity contribution in [2.75, 3.05) is 21.3 Å². The van der Waals surface area contributed by atoms with Gasteiger partial charge in [-0.15, -0.1) is 0 Å². The van der Waals surface area contributed by atoms with Crippen molar-refractivity contribution >= 4 is 22.8 Å². The van der Waals surface area contributed by atoms with Gasteiger partial charge in [0, 0.05) is 16.5 Å². The van der Waals surface area contributed by atoms with E-state index in [0.29, 0.717) is 39.3 Å². The van der Waals surface area contributed by atoms with E-state index < -0.39 is 11.9 Å². The third-order valence-corrected chi connectivity index (χ3v) is 5.04. The normalized spacial score (nSPS) is 11.8. The van der Waals surface area contributed by atoms with E-state index in [2.05, 4.69) is 0 Å². The summed E-state index contributed by atoms with van der Waals surface area (Å²) in [6.07, 6.45) is 0. The van der Waals surface area contributed by atoms with Gasteiger partial charge in [0.15, 0.2) is 11.5 Å². The Labute approximate surface area is 159 Å². The third-order valence-electron chi connectivity index (χ3n) is 5.04. The number of aromatic nitrogens is 1. The molecule has 0 fully saturated rings. The molecule has 0 amide bonds. The zero-order valence-corrected chi connectivity index (χ0v) is 15.4. The number of para-hydroxylation sites is 1. The zero-order valence-electron chi connectivity index (χ0n) is 15.4. The summed E-state index contributed by atoms with van der Waals surface area (Å²) in [5.41, 5.74) is 2.23. The van der Waals surface area contributed by atoms with Crippen molar-refractivity contribution < 1.29 is 34.0 Å². The first-order chi connectivity index (χ1) is 13.4. The van der Waals surface area contributed by atoms with Crippen molar-refractivity contribution in [3.8, 4) is 28.4 Å². The van der Waals surface area contributed by atoms with Crippen LogP contribution in [0, 0.1) is 0 Å². The summed E-state index contributed by atoms with van der Waals surface area (Å²) < 4.78 is 17.9. The molecule has 0 radical (unpaired) electrons. The molecule has 3 aromatic rings. The first-order valence-electron chi connectivity index (χ1n) is 8.38. The quantitative estimate of drug-likeness (QED) is 0.545. The molecule has 144 valence electrons. The minimum absolute atomic E-state index is 0.126. The van der Waals surface area contributed by atoms with Crippen molar-refractivity contribution in [3.63, 3.8) is 0 Å². The van der Waals surface area contributed by atoms with Crippen LogP contribution in [0.1, 0.15) is 26.4 Å². The third kappa shape index (κ3) is 2.17. The molecular weight excluding hydrogens is 366 g/mol. The minimum Gasteiger partial charge on any atom is -0.493 e. The fourth-order valence-corrected chi connectivity index (χ4v) is 4.00. The van der Waals surface area contributed by atoms with Gasteiger partial charge in [0.2, 0.25) is 5.75 Å². The number of carboxylic acids is 2. The standard InChI is InChI=1S/C20H17NO7/c1-26-13-7-11-9-5-4-6-10-14(19(22)23)16(20(24)25)21(15(9)10)8-12(11)17(27-2)18(13)28-3/h4-7H,8H2,1-3H3,(H,22,23)(H,24,25). The van der Waals surface area contributed by atoms with Gasteiger partial charge in [-0.05, 0) is 11.6 Å². The number of methoxy groups -OCH3 is 3. The second kappa shape index (κ2) is 6.19. The van der Waals surface area contributed by atoms with Crippen molar-refractivity contribution in [1.82, 2.24) is 4.57 Å². The smallest absolute Gasteiger partial charge is 0.353 e. The predicted octanol–water partition coefficient (Wildman–Crippen LogP) is 3.09. The Morgan fingerprint density at radius 3 is 2.25 bits per heavy atom. The summed E-state index contributed by atoms with van der Waals surface area (Å²) in [6.45, 7) is 0.126. The van der Waals surface area contributed by atoms with Gasteiger partial charge in [-0.1, -0.05) is 18.2 Å². The van der Waals surface area contributed by atoms with Gasteiger partial charge in [-0.25, -0.2) is 9.59 Å². The molecule has 0 atom stereocenters. The molecule has 4 rings (SSSR count). The Morgan fingerprint density at radius 1 is 0.964 bits per heavy atom. The Hall–Kier alpha value is -3.68. The highest BCUT2D eigenvalue weighted by atomic mass is 16.5. The first kappa shape index (κ1) is 17.7. The molecule has 8 heteroatoms. The minimum atomic E-state index is -1.30. The molecule has 1 aliphatic heterocycles. The van der Waals surface area contributed by atoms with Gasteiger partial charge in [0.1, 0.15) is 5.69 Å². The topological polar surface area (TPSA) is 107 Å². The molecule has 0 aliphatic carbocycles. The van der Waals surface area contributed by atoms with E-state index in [-0.39, 0.29) is 17.8 Å². The fraction of sp³-hybridized carbons (Fsp3) is 0.200. The van der Waals surface area contributed by atoms with Gasteiger partial charge < -0.3 is 29.0 Å². The Balaban J connectivity index is 2.18. The molecule has 0 unspecified atom stereocenters. The van der Waals surface area contributed by atoms with E-state index in [0.717, 1.165) is 5.56 Å². The first-order valence-corrected chi connectivity index (χ1v) is 8.38. The Kier molecular flexibility index (Phi) is 3.92. The van der Waals surface area contributed by atoms with E-state index in [9.17, 15) is 19.8 Å². The van der Waals surface area contributed by atoms with Crippen LogP contribution in [-0.2, 0) is 6.54 Å². The molecule has 0 spiro atoms. The average molecular weight is 383 g/mol. The second-order valence-corrected chi connectivity index (χ2v) is 6.29. The fourth-order valence-electron chi connectivity index (χ4n) is 4.00. The van der Waals surface area contributed by atoms with Gasteiger partial charge in [-0.3, -0.25) is 0 Å². The molecule has 0 saturated carbocycles. The van der Waals surface area contributed by atoms with E-state index in [4.69, 9.17) is 14.2 Å². The highest BCUT2D eigenvalue weighted by molar-refractivity contribution is 6.15. The van der Waals surface area contributed by atoms with Gasteiger partial charge in [-0.2, -0.15) is 0 Å². The molecule has 0 bridgehead atoms. The highest BCUT2D eigenvalue weighted by Gasteiger charge is 2.34. The van der Waals surface area contributed by atoms with Gasteiger partial charge in [0.05, 0.1) is 39.0 Å². The van der Waals surface area contributed by atoms with Crippen LogP contribution in [0.4, 0.5) is 0 Å². The maximum absolute atomic E-state index is 11.9. The molecule has 2 N–H and O–H groups in total. The number of aromatic carboxylic acids is 2. The summed E-state index contributed by atoms with van der Waals surface area (Å²) >= 11 is 0. The van der Waals surface area contributed by atoms with E-state index in [1.807, 2.05) is 6.07 Å². The predicted molar refractivity (Wildman–Crippen MR) is 100 cm³/mol. The average Bonchev–Trinajstić information content (AvgIpc) is 3.02. The molecule has 0 saturated heterocycles. The number of carbonyl (C=O) groups is 2. The van der Waals surface area contributed by atoms with Crippen LogP contribution >= 0.6 is 0 Å². The number of ether oxygens (including phenoxy) is 3. The van der Waals surface area contributed by atoms with Crippen LogP contribution in [0.5, 0.6) is 17.2 Å². The molecule has 1 aromatic heterocycles. The SMILES string of the molecule is COc1cc2c(c(OC)c1OC)Cn1c(C(=O)O)c(C(=O)O)c3cccc-2c31. The number of nitrogens with zero attached hydrogens (tertiary/aromatic N) is 1. The molecule has 2 heterocycles. The van der Waals surface area contributed by atoms with E-state index in [1.54, 1.807) is 18.2 Å². The lowest BCUT2D eigenvalue weighted by Crippen LogP contribution is -2.17. The van der Waals surface area contributed by atoms with Crippen LogP contribution in [0.25, 0.3) is 22.0 Å². The lowest BCUT2D eigenvalue weighted by Gasteiger charge is -2.25. The monoisotopic (exact) mass is 383 g/mol. The highest BCUT2D eigenvalue weighted by Crippen LogP contribution is 2.50. The van der Waals surface area contributed by atoms with Gasteiger partial charge in [0.25, 0.3) is 0 Å². The van der Waals surface area contributed by atoms with Crippen molar-refractivity contribution in [1.29, 1.82) is 0 Å². The summed E-state index contributed by atoms with van der Waals surface area (Å²) in [5.74, 6) is -1.32.